The summed E-state index contributed by atoms with van der Waals surface area (Å²) in [6.45, 7) is 3.53. The molecule has 0 radical (unpaired) electrons. The molecule has 5 heteroatoms. The minimum absolute atomic E-state index is 0.500. The first kappa shape index (κ1) is 13.0. The summed E-state index contributed by atoms with van der Waals surface area (Å²) >= 11 is 0. The fourth-order valence-corrected chi connectivity index (χ4v) is 2.27. The van der Waals surface area contributed by atoms with Crippen LogP contribution in [0.15, 0.2) is 0 Å². The van der Waals surface area contributed by atoms with E-state index in [0.717, 1.165) is 19.3 Å². The van der Waals surface area contributed by atoms with Gasteiger partial charge in [-0.2, -0.15) is 0 Å². The molecule has 1 unspecified atom stereocenters. The number of carbonyl (C=O) groups is 2. The monoisotopic (exact) mass is 227 g/mol. The summed E-state index contributed by atoms with van der Waals surface area (Å²) in [5, 5.41) is 0. The summed E-state index contributed by atoms with van der Waals surface area (Å²) in [4.78, 5) is 24.3. The van der Waals surface area contributed by atoms with Crippen molar-refractivity contribution in [2.24, 2.45) is 11.8 Å². The molecule has 0 aliphatic carbocycles. The first-order valence-corrected chi connectivity index (χ1v) is 5.98. The molecule has 1 fully saturated rings. The van der Waals surface area contributed by atoms with E-state index < -0.39 is 11.8 Å². The molecule has 1 aliphatic heterocycles. The standard InChI is InChI=1S/C11H21N3O2/c1-2-4-9-5-3-7-14(8-6-9)11(16)10(15)13-12/h9H,2-8,12H2,1H3,(H,13,15). The minimum atomic E-state index is -0.714. The molecule has 92 valence electrons. The molecule has 1 saturated heterocycles. The zero-order valence-electron chi connectivity index (χ0n) is 9.87. The van der Waals surface area contributed by atoms with Gasteiger partial charge in [-0.1, -0.05) is 19.8 Å². The lowest BCUT2D eigenvalue weighted by atomic mass is 9.96. The number of nitrogens with zero attached hydrogens (tertiary/aromatic N) is 1. The van der Waals surface area contributed by atoms with Crippen LogP contribution < -0.4 is 11.3 Å². The number of nitrogens with one attached hydrogen (secondary N) is 1. The Morgan fingerprint density at radius 1 is 1.38 bits per heavy atom. The van der Waals surface area contributed by atoms with E-state index in [1.54, 1.807) is 4.90 Å². The summed E-state index contributed by atoms with van der Waals surface area (Å²) in [5.41, 5.74) is 1.89. The number of nitrogens with two attached hydrogens (primary N) is 1. The first-order valence-electron chi connectivity index (χ1n) is 5.98. The number of carbonyl (C=O) groups excluding carboxylic acids is 2. The number of hydrazine groups is 1. The summed E-state index contributed by atoms with van der Waals surface area (Å²) in [7, 11) is 0. The van der Waals surface area contributed by atoms with Crippen molar-refractivity contribution in [1.82, 2.24) is 10.3 Å². The van der Waals surface area contributed by atoms with Gasteiger partial charge in [0.15, 0.2) is 0 Å². The smallest absolute Gasteiger partial charge is 0.323 e. The van der Waals surface area contributed by atoms with Crippen molar-refractivity contribution in [3.63, 3.8) is 0 Å². The predicted octanol–water partition coefficient (Wildman–Crippen LogP) is 0.405. The molecule has 1 aliphatic rings. The summed E-state index contributed by atoms with van der Waals surface area (Å²) in [6.07, 6.45) is 5.53. The number of amides is 2. The van der Waals surface area contributed by atoms with Crippen LogP contribution in [0.25, 0.3) is 0 Å². The Kier molecular flexibility index (Phi) is 5.25. The van der Waals surface area contributed by atoms with Crippen molar-refractivity contribution in [2.75, 3.05) is 13.1 Å². The van der Waals surface area contributed by atoms with Crippen molar-refractivity contribution in [3.8, 4) is 0 Å². The second kappa shape index (κ2) is 6.48. The Labute approximate surface area is 96.3 Å². The Hall–Kier alpha value is -1.10. The van der Waals surface area contributed by atoms with Gasteiger partial charge in [0.2, 0.25) is 0 Å². The molecular formula is C11H21N3O2. The zero-order chi connectivity index (χ0) is 12.0. The van der Waals surface area contributed by atoms with Crippen LogP contribution in [0, 0.1) is 5.92 Å². The normalized spacial score (nSPS) is 21.4. The topological polar surface area (TPSA) is 75.4 Å². The van der Waals surface area contributed by atoms with Crippen LogP contribution in [-0.2, 0) is 9.59 Å². The van der Waals surface area contributed by atoms with Gasteiger partial charge in [0, 0.05) is 13.1 Å². The molecule has 0 bridgehead atoms. The molecule has 0 aromatic rings. The predicted molar refractivity (Wildman–Crippen MR) is 61.2 cm³/mol. The van der Waals surface area contributed by atoms with Gasteiger partial charge in [-0.15, -0.1) is 0 Å². The first-order chi connectivity index (χ1) is 7.69. The van der Waals surface area contributed by atoms with Crippen LogP contribution >= 0.6 is 0 Å². The molecule has 2 amide bonds. The molecule has 3 N–H and O–H groups in total. The van der Waals surface area contributed by atoms with Gasteiger partial charge in [0.05, 0.1) is 0 Å². The lowest BCUT2D eigenvalue weighted by Gasteiger charge is -2.19. The average molecular weight is 227 g/mol. The van der Waals surface area contributed by atoms with Crippen LogP contribution in [0.4, 0.5) is 0 Å². The Balaban J connectivity index is 2.46. The quantitative estimate of drug-likeness (QED) is 0.310. The highest BCUT2D eigenvalue weighted by molar-refractivity contribution is 6.34. The van der Waals surface area contributed by atoms with E-state index in [1.165, 1.54) is 12.8 Å². The zero-order valence-corrected chi connectivity index (χ0v) is 9.87. The number of rotatable bonds is 2. The van der Waals surface area contributed by atoms with Gasteiger partial charge in [-0.05, 0) is 25.2 Å². The second-order valence-corrected chi connectivity index (χ2v) is 4.35. The third-order valence-electron chi connectivity index (χ3n) is 3.16. The van der Waals surface area contributed by atoms with Gasteiger partial charge in [0.25, 0.3) is 0 Å². The molecule has 16 heavy (non-hydrogen) atoms. The Morgan fingerprint density at radius 3 is 2.75 bits per heavy atom. The summed E-state index contributed by atoms with van der Waals surface area (Å²) < 4.78 is 0. The molecule has 0 aromatic heterocycles. The van der Waals surface area contributed by atoms with Crippen LogP contribution in [-0.4, -0.2) is 29.8 Å². The molecule has 0 aromatic carbocycles. The largest absolute Gasteiger partial charge is 0.334 e. The van der Waals surface area contributed by atoms with E-state index >= 15 is 0 Å². The van der Waals surface area contributed by atoms with Gasteiger partial charge >= 0.3 is 11.8 Å². The molecule has 0 spiro atoms. The third kappa shape index (κ3) is 3.48. The molecule has 1 heterocycles. The fraction of sp³-hybridized carbons (Fsp3) is 0.818. The number of likely N-dealkylation sites (tertiary alicyclic amines) is 1. The van der Waals surface area contributed by atoms with Crippen molar-refractivity contribution < 1.29 is 9.59 Å². The van der Waals surface area contributed by atoms with E-state index in [2.05, 4.69) is 6.92 Å². The van der Waals surface area contributed by atoms with Crippen LogP contribution in [0.1, 0.15) is 39.0 Å². The van der Waals surface area contributed by atoms with Crippen LogP contribution in [0.3, 0.4) is 0 Å². The second-order valence-electron chi connectivity index (χ2n) is 4.35. The molecule has 0 saturated carbocycles. The Bertz CT molecular complexity index is 256. The minimum Gasteiger partial charge on any atom is -0.334 e. The highest BCUT2D eigenvalue weighted by atomic mass is 16.2. The van der Waals surface area contributed by atoms with Crippen molar-refractivity contribution in [3.05, 3.63) is 0 Å². The SMILES string of the molecule is CCCC1CCCN(C(=O)C(=O)NN)CC1. The van der Waals surface area contributed by atoms with Crippen LogP contribution in [0.5, 0.6) is 0 Å². The maximum atomic E-state index is 11.6. The molecular weight excluding hydrogens is 206 g/mol. The lowest BCUT2D eigenvalue weighted by Crippen LogP contribution is -2.45. The average Bonchev–Trinajstić information content (AvgIpc) is 2.53. The van der Waals surface area contributed by atoms with Gasteiger partial charge in [0.1, 0.15) is 0 Å². The van der Waals surface area contributed by atoms with E-state index in [4.69, 9.17) is 5.84 Å². The fourth-order valence-electron chi connectivity index (χ4n) is 2.27. The molecule has 5 nitrogen and oxygen atoms in total. The van der Waals surface area contributed by atoms with Crippen molar-refractivity contribution in [1.29, 1.82) is 0 Å². The van der Waals surface area contributed by atoms with E-state index in [0.29, 0.717) is 19.0 Å². The summed E-state index contributed by atoms with van der Waals surface area (Å²) in [6, 6.07) is 0. The van der Waals surface area contributed by atoms with Gasteiger partial charge in [-0.3, -0.25) is 15.0 Å². The number of hydrogen-bond donors (Lipinski definition) is 2. The highest BCUT2D eigenvalue weighted by Gasteiger charge is 2.24. The van der Waals surface area contributed by atoms with Crippen LogP contribution in [0.2, 0.25) is 0 Å². The maximum absolute atomic E-state index is 11.6. The van der Waals surface area contributed by atoms with Gasteiger partial charge in [-0.25, -0.2) is 5.84 Å². The molecule has 1 atom stereocenters. The molecule has 1 rings (SSSR count). The van der Waals surface area contributed by atoms with E-state index in [-0.39, 0.29) is 0 Å². The lowest BCUT2D eigenvalue weighted by molar-refractivity contribution is -0.145. The van der Waals surface area contributed by atoms with E-state index in [1.807, 2.05) is 5.43 Å². The Morgan fingerprint density at radius 2 is 2.12 bits per heavy atom. The summed E-state index contributed by atoms with van der Waals surface area (Å²) in [5.74, 6) is 4.43. The van der Waals surface area contributed by atoms with Gasteiger partial charge < -0.3 is 4.90 Å². The van der Waals surface area contributed by atoms with Crippen molar-refractivity contribution >= 4 is 11.8 Å². The maximum Gasteiger partial charge on any atom is 0.323 e. The van der Waals surface area contributed by atoms with E-state index in [9.17, 15) is 9.59 Å². The number of hydrogen-bond acceptors (Lipinski definition) is 3. The highest BCUT2D eigenvalue weighted by Crippen LogP contribution is 2.21. The third-order valence-corrected chi connectivity index (χ3v) is 3.16. The van der Waals surface area contributed by atoms with Crippen molar-refractivity contribution in [2.45, 2.75) is 39.0 Å².